The van der Waals surface area contributed by atoms with Gasteiger partial charge in [0.05, 0.1) is 14.1 Å². The van der Waals surface area contributed by atoms with Crippen molar-refractivity contribution < 1.29 is 72.1 Å². The molecule has 0 N–H and O–H groups in total. The number of ether oxygens (including phenoxy) is 6. The highest BCUT2D eigenvalue weighted by Gasteiger charge is 2.79. The van der Waals surface area contributed by atoms with Crippen molar-refractivity contribution in [1.82, 2.24) is 9.34 Å². The lowest BCUT2D eigenvalue weighted by atomic mass is 9.73. The van der Waals surface area contributed by atoms with Gasteiger partial charge in [-0.2, -0.15) is 0 Å². The van der Waals surface area contributed by atoms with Crippen LogP contribution < -0.4 is 0 Å². The lowest BCUT2D eigenvalue weighted by Gasteiger charge is -2.69. The van der Waals surface area contributed by atoms with Crippen molar-refractivity contribution in [2.45, 2.75) is 216 Å². The fraction of sp³-hybridized carbons (Fsp3) is 0.950. The molecule has 10 fully saturated rings. The molecule has 2 aliphatic carbocycles. The van der Waals surface area contributed by atoms with E-state index in [0.29, 0.717) is 12.1 Å². The summed E-state index contributed by atoms with van der Waals surface area (Å²) in [6, 6.07) is 1.07. The summed E-state index contributed by atoms with van der Waals surface area (Å²) in [5.74, 6) is -2.13. The van der Waals surface area contributed by atoms with Gasteiger partial charge in [0.1, 0.15) is 44.5 Å². The minimum absolute atomic E-state index is 0.216. The molecule has 0 radical (unpaired) electrons. The lowest BCUT2D eigenvalue weighted by Crippen LogP contribution is -2.74. The molecule has 0 unspecified atom stereocenters. The molecular formula is C40H68B2F8N4O6P2. The average Bonchev–Trinajstić information content (AvgIpc) is 3.22. The van der Waals surface area contributed by atoms with Crippen molar-refractivity contribution in [1.29, 1.82) is 0 Å². The van der Waals surface area contributed by atoms with Crippen LogP contribution in [-0.2, 0) is 28.4 Å². The van der Waals surface area contributed by atoms with Gasteiger partial charge >= 0.3 is 14.5 Å². The van der Waals surface area contributed by atoms with Gasteiger partial charge in [-0.15, -0.1) is 0 Å². The number of rotatable bonds is 2. The molecule has 10 heterocycles. The van der Waals surface area contributed by atoms with Crippen LogP contribution in [0.3, 0.4) is 0 Å². The molecule has 0 aromatic rings. The van der Waals surface area contributed by atoms with Crippen molar-refractivity contribution in [3.8, 4) is 0 Å². The van der Waals surface area contributed by atoms with E-state index in [0.717, 1.165) is 25.7 Å². The van der Waals surface area contributed by atoms with Gasteiger partial charge in [0.2, 0.25) is 12.7 Å². The first-order chi connectivity index (χ1) is 27.5. The van der Waals surface area contributed by atoms with Crippen LogP contribution in [0.15, 0.2) is 0 Å². The monoisotopic (exact) mass is 936 g/mol. The van der Waals surface area contributed by atoms with Crippen molar-refractivity contribution in [2.24, 2.45) is 10.8 Å². The first-order valence-electron chi connectivity index (χ1n) is 21.8. The molecule has 22 heteroatoms. The first-order valence-corrected chi connectivity index (χ1v) is 24.4. The van der Waals surface area contributed by atoms with E-state index in [2.05, 4.69) is 142 Å². The maximum Gasteiger partial charge on any atom is 0.673 e. The Hall–Kier alpha value is -0.870. The Bertz CT molecular complexity index is 1680. The second-order valence-corrected chi connectivity index (χ2v) is 28.4. The smallest absolute Gasteiger partial charge is 0.418 e. The van der Waals surface area contributed by atoms with Crippen LogP contribution in [0.5, 0.6) is 0 Å². The molecule has 0 aromatic carbocycles. The van der Waals surface area contributed by atoms with Crippen molar-refractivity contribution in [3.63, 3.8) is 0 Å². The van der Waals surface area contributed by atoms with Gasteiger partial charge in [-0.25, -0.2) is 9.34 Å². The molecule has 0 aromatic heterocycles. The summed E-state index contributed by atoms with van der Waals surface area (Å²) in [7, 11) is -8.83. The predicted octanol–water partition coefficient (Wildman–Crippen LogP) is 10.7. The van der Waals surface area contributed by atoms with Gasteiger partial charge in [-0.05, 0) is 94.9 Å². The molecule has 2 saturated carbocycles. The van der Waals surface area contributed by atoms with Gasteiger partial charge in [-0.3, -0.25) is 9.15 Å². The molecule has 10 aliphatic heterocycles. The molecule has 0 spiro atoms. The van der Waals surface area contributed by atoms with Crippen LogP contribution in [0.1, 0.15) is 148 Å². The van der Waals surface area contributed by atoms with E-state index in [9.17, 15) is 34.5 Å². The predicted molar refractivity (Wildman–Crippen MR) is 225 cm³/mol. The number of fused-ring (bicyclic) bond motifs is 4. The maximum atomic E-state index is 9.75. The highest BCUT2D eigenvalue weighted by molar-refractivity contribution is 7.59. The van der Waals surface area contributed by atoms with Crippen LogP contribution in [-0.4, -0.2) is 127 Å². The van der Waals surface area contributed by atoms with Gasteiger partial charge in [0.25, 0.3) is 0 Å². The number of nitrogens with zero attached hydrogens (tertiary/aromatic N) is 4. The maximum absolute atomic E-state index is 9.75. The van der Waals surface area contributed by atoms with Crippen LogP contribution in [0, 0.1) is 10.8 Å². The Kier molecular flexibility index (Phi) is 11.0. The normalized spacial score (nSPS) is 52.0. The fourth-order valence-electron chi connectivity index (χ4n) is 14.4. The molecular weight excluding hydrogens is 868 g/mol. The zero-order valence-corrected chi connectivity index (χ0v) is 41.1. The third-order valence-electron chi connectivity index (χ3n) is 16.5. The molecule has 356 valence electrons. The Balaban J connectivity index is 0.000000154. The van der Waals surface area contributed by atoms with Crippen LogP contribution >= 0.6 is 16.1 Å². The third-order valence-corrected chi connectivity index (χ3v) is 22.8. The quantitative estimate of drug-likeness (QED) is 0.117. The fourth-order valence-corrected chi connectivity index (χ4v) is 23.1. The molecule has 8 saturated heterocycles. The zero-order chi connectivity index (χ0) is 46.9. The second-order valence-electron chi connectivity index (χ2n) is 22.5. The van der Waals surface area contributed by atoms with Gasteiger partial charge in [-0.1, -0.05) is 27.7 Å². The van der Waals surface area contributed by atoms with Gasteiger partial charge in [0, 0.05) is 36.5 Å². The molecule has 12 rings (SSSR count). The number of hydrogen-bond donors (Lipinski definition) is 0. The van der Waals surface area contributed by atoms with Gasteiger partial charge < -0.3 is 62.9 Å². The number of halogens is 8. The van der Waals surface area contributed by atoms with Crippen LogP contribution in [0.25, 0.3) is 0 Å². The van der Waals surface area contributed by atoms with E-state index < -0.39 is 53.8 Å². The number of hydrogen-bond acceptors (Lipinski definition) is 8. The molecule has 12 aliphatic rings. The first kappa shape index (κ1) is 49.0. The highest BCUT2D eigenvalue weighted by Crippen LogP contribution is 2.80. The Morgan fingerprint density at radius 3 is 0.903 bits per heavy atom. The van der Waals surface area contributed by atoms with E-state index in [1.807, 2.05) is 0 Å². The molecule has 0 amide bonds. The standard InChI is InChI=1S/2C20H34N2O3P.2BF4/c2*1-15(2)14-9-10-16(15,3)21(8)13-22(14)26-19(6)11-17(4)23-18(5,25-19)12-20(26,7)24-17;2*2-1(3,4)5/h2*13-14H,9-12H2,1-8H3;;/q2*+1;2*-1/t14-,16+,17+,18+,19-,20-;14-,16+,17-,18-,19+,20+;;/m00../s1. The topological polar surface area (TPSA) is 67.9 Å². The summed E-state index contributed by atoms with van der Waals surface area (Å²) in [5, 5.41) is -0.865. The SMILES string of the molecule is C[N+]1=CN(P2[C@@]3(C)C[C@]4(C)O[C@@](C)(C[C@@]2(C)O4)O3)[C@H]2CC[C@]1(C)C2(C)C.C[N+]1=CN(P2[C@]3(C)C[C@@]4(C)O[C@](C)(C[C@]2(C)O4)O3)[C@H]2CC[C@]1(C)C2(C)C.F[B-](F)(F)F.F[B-](F)(F)F. The van der Waals surface area contributed by atoms with Crippen LogP contribution in [0.2, 0.25) is 0 Å². The van der Waals surface area contributed by atoms with E-state index in [1.165, 1.54) is 25.7 Å². The summed E-state index contributed by atoms with van der Waals surface area (Å²) in [6.45, 7) is 32.3. The van der Waals surface area contributed by atoms with Crippen molar-refractivity contribution in [3.05, 3.63) is 0 Å². The largest absolute Gasteiger partial charge is 0.673 e. The molecule has 62 heavy (non-hydrogen) atoms. The minimum atomic E-state index is -6.00. The van der Waals surface area contributed by atoms with E-state index >= 15 is 0 Å². The molecule has 12 bridgehead atoms. The summed E-state index contributed by atoms with van der Waals surface area (Å²) in [6.07, 6.45) is 12.9. The van der Waals surface area contributed by atoms with Crippen LogP contribution in [0.4, 0.5) is 34.5 Å². The second kappa shape index (κ2) is 13.9. The van der Waals surface area contributed by atoms with E-state index in [4.69, 9.17) is 28.4 Å². The van der Waals surface area contributed by atoms with E-state index in [-0.39, 0.29) is 43.3 Å². The molecule has 10 nitrogen and oxygen atoms in total. The minimum Gasteiger partial charge on any atom is -0.418 e. The Morgan fingerprint density at radius 2 is 0.677 bits per heavy atom. The Morgan fingerprint density at radius 1 is 0.452 bits per heavy atom. The average molecular weight is 937 g/mol. The molecule has 12 atom stereocenters. The lowest BCUT2D eigenvalue weighted by molar-refractivity contribution is -0.601. The zero-order valence-electron chi connectivity index (χ0n) is 39.3. The summed E-state index contributed by atoms with van der Waals surface area (Å²) < 4.78 is 127. The highest BCUT2D eigenvalue weighted by atomic mass is 31.1. The summed E-state index contributed by atoms with van der Waals surface area (Å²) in [5.41, 5.74) is 0.900. The van der Waals surface area contributed by atoms with E-state index in [1.54, 1.807) is 0 Å². The van der Waals surface area contributed by atoms with Gasteiger partial charge in [0.15, 0.2) is 39.3 Å². The summed E-state index contributed by atoms with van der Waals surface area (Å²) in [4.78, 5) is 0. The Labute approximate surface area is 364 Å². The summed E-state index contributed by atoms with van der Waals surface area (Å²) >= 11 is 0. The van der Waals surface area contributed by atoms with Crippen molar-refractivity contribution >= 4 is 43.3 Å². The van der Waals surface area contributed by atoms with Crippen molar-refractivity contribution in [2.75, 3.05) is 14.1 Å². The third kappa shape index (κ3) is 7.70.